The molecular weight excluding hydrogens is 196 g/mol. The van der Waals surface area contributed by atoms with E-state index in [9.17, 15) is 14.9 Å². The summed E-state index contributed by atoms with van der Waals surface area (Å²) in [5.74, 6) is 0. The van der Waals surface area contributed by atoms with Gasteiger partial charge in [0.2, 0.25) is 0 Å². The van der Waals surface area contributed by atoms with Crippen molar-refractivity contribution >= 4 is 18.0 Å². The zero-order valence-electron chi connectivity index (χ0n) is 7.58. The largest absolute Gasteiger partial charge is 0.298 e. The molecule has 0 amide bonds. The smallest absolute Gasteiger partial charge is 0.280 e. The minimum atomic E-state index is -0.632. The van der Waals surface area contributed by atoms with Crippen molar-refractivity contribution in [1.82, 2.24) is 0 Å². The lowest BCUT2D eigenvalue weighted by Crippen LogP contribution is -1.94. The third kappa shape index (κ3) is 2.48. The number of carbonyl (C=O) groups is 1. The van der Waals surface area contributed by atoms with Gasteiger partial charge in [-0.2, -0.15) is 5.26 Å². The quantitative estimate of drug-likeness (QED) is 0.324. The van der Waals surface area contributed by atoms with Crippen molar-refractivity contribution in [3.8, 4) is 6.07 Å². The molecule has 0 N–H and O–H groups in total. The van der Waals surface area contributed by atoms with E-state index in [-0.39, 0.29) is 11.3 Å². The molecule has 0 saturated heterocycles. The third-order valence-corrected chi connectivity index (χ3v) is 1.73. The van der Waals surface area contributed by atoms with E-state index >= 15 is 0 Å². The van der Waals surface area contributed by atoms with Gasteiger partial charge in [0.05, 0.1) is 16.6 Å². The van der Waals surface area contributed by atoms with E-state index in [2.05, 4.69) is 0 Å². The molecule has 1 aromatic rings. The van der Waals surface area contributed by atoms with Crippen molar-refractivity contribution in [2.75, 3.05) is 0 Å². The van der Waals surface area contributed by atoms with Crippen molar-refractivity contribution in [3.63, 3.8) is 0 Å². The Kier molecular flexibility index (Phi) is 3.30. The summed E-state index contributed by atoms with van der Waals surface area (Å²) in [5, 5.41) is 18.8. The summed E-state index contributed by atoms with van der Waals surface area (Å²) >= 11 is 0. The van der Waals surface area contributed by atoms with Crippen LogP contribution in [0.15, 0.2) is 24.3 Å². The van der Waals surface area contributed by atoms with Crippen LogP contribution in [0.4, 0.5) is 5.69 Å². The maximum Gasteiger partial charge on any atom is 0.280 e. The average Bonchev–Trinajstić information content (AvgIpc) is 2.25. The number of allylic oxidation sites excluding steroid dienone is 1. The molecule has 74 valence electrons. The van der Waals surface area contributed by atoms with Crippen molar-refractivity contribution in [3.05, 3.63) is 45.5 Å². The van der Waals surface area contributed by atoms with Gasteiger partial charge < -0.3 is 0 Å². The minimum Gasteiger partial charge on any atom is -0.298 e. The molecule has 5 nitrogen and oxygen atoms in total. The van der Waals surface area contributed by atoms with Gasteiger partial charge in [-0.1, -0.05) is 6.07 Å². The number of carbonyl (C=O) groups excluding carboxylic acids is 1. The van der Waals surface area contributed by atoms with Crippen LogP contribution in [0.5, 0.6) is 0 Å². The van der Waals surface area contributed by atoms with Crippen LogP contribution in [0, 0.1) is 21.4 Å². The number of nitrogens with zero attached hydrogens (tertiary/aromatic N) is 2. The second-order valence-electron chi connectivity index (χ2n) is 2.66. The van der Waals surface area contributed by atoms with Crippen molar-refractivity contribution in [1.29, 1.82) is 5.26 Å². The predicted octanol–water partition coefficient (Wildman–Crippen LogP) is 1.94. The normalized spacial score (nSPS) is 9.80. The number of nitro groups is 1. The fraction of sp³-hybridized carbons (Fsp3) is 0. The molecule has 0 radical (unpaired) electrons. The van der Waals surface area contributed by atoms with Crippen molar-refractivity contribution in [2.45, 2.75) is 0 Å². The number of hydrogen-bond acceptors (Lipinski definition) is 4. The van der Waals surface area contributed by atoms with Crippen LogP contribution in [-0.2, 0) is 0 Å². The molecule has 0 aliphatic heterocycles. The van der Waals surface area contributed by atoms with Crippen molar-refractivity contribution < 1.29 is 9.72 Å². The molecule has 0 aliphatic rings. The van der Waals surface area contributed by atoms with Gasteiger partial charge in [-0.05, 0) is 17.7 Å². The SMILES string of the molecule is N#CC=Cc1ccc(C=O)c([N+](=O)[O-])c1. The first-order valence-corrected chi connectivity index (χ1v) is 3.99. The van der Waals surface area contributed by atoms with Crippen LogP contribution in [0.25, 0.3) is 6.08 Å². The lowest BCUT2D eigenvalue weighted by Gasteiger charge is -1.96. The Balaban J connectivity index is 3.23. The molecule has 0 atom stereocenters. The highest BCUT2D eigenvalue weighted by molar-refractivity contribution is 5.82. The van der Waals surface area contributed by atoms with Gasteiger partial charge in [0.1, 0.15) is 0 Å². The molecule has 0 fully saturated rings. The topological polar surface area (TPSA) is 84.0 Å². The first-order valence-electron chi connectivity index (χ1n) is 3.99. The summed E-state index contributed by atoms with van der Waals surface area (Å²) in [5.41, 5.74) is 0.271. The Bertz CT molecular complexity index is 472. The Morgan fingerprint density at radius 1 is 1.47 bits per heavy atom. The van der Waals surface area contributed by atoms with E-state index in [1.165, 1.54) is 30.4 Å². The summed E-state index contributed by atoms with van der Waals surface area (Å²) < 4.78 is 0. The summed E-state index contributed by atoms with van der Waals surface area (Å²) in [7, 11) is 0. The minimum absolute atomic E-state index is 0.0223. The van der Waals surface area contributed by atoms with Gasteiger partial charge >= 0.3 is 0 Å². The highest BCUT2D eigenvalue weighted by atomic mass is 16.6. The van der Waals surface area contributed by atoms with Crippen molar-refractivity contribution in [2.24, 2.45) is 0 Å². The highest BCUT2D eigenvalue weighted by Crippen LogP contribution is 2.19. The second kappa shape index (κ2) is 4.67. The van der Waals surface area contributed by atoms with E-state index in [1.807, 2.05) is 0 Å². The predicted molar refractivity (Wildman–Crippen MR) is 53.1 cm³/mol. The monoisotopic (exact) mass is 202 g/mol. The van der Waals surface area contributed by atoms with E-state index in [0.29, 0.717) is 11.8 Å². The molecule has 0 spiro atoms. The summed E-state index contributed by atoms with van der Waals surface area (Å²) in [4.78, 5) is 20.4. The van der Waals surface area contributed by atoms with E-state index in [1.54, 1.807) is 6.07 Å². The van der Waals surface area contributed by atoms with Crippen LogP contribution in [0.1, 0.15) is 15.9 Å². The number of aldehydes is 1. The van der Waals surface area contributed by atoms with Gasteiger partial charge in [0.25, 0.3) is 5.69 Å². The lowest BCUT2D eigenvalue weighted by molar-refractivity contribution is -0.385. The van der Waals surface area contributed by atoms with Gasteiger partial charge in [-0.3, -0.25) is 14.9 Å². The van der Waals surface area contributed by atoms with Crippen LogP contribution in [0.3, 0.4) is 0 Å². The molecule has 0 aromatic heterocycles. The molecule has 0 aliphatic carbocycles. The number of rotatable bonds is 3. The molecular formula is C10H6N2O3. The molecule has 0 saturated carbocycles. The highest BCUT2D eigenvalue weighted by Gasteiger charge is 2.12. The van der Waals surface area contributed by atoms with E-state index < -0.39 is 4.92 Å². The van der Waals surface area contributed by atoms with Crippen LogP contribution in [-0.4, -0.2) is 11.2 Å². The summed E-state index contributed by atoms with van der Waals surface area (Å²) in [6.45, 7) is 0. The Morgan fingerprint density at radius 2 is 2.20 bits per heavy atom. The van der Waals surface area contributed by atoms with Gasteiger partial charge in [0.15, 0.2) is 6.29 Å². The number of benzene rings is 1. The van der Waals surface area contributed by atoms with E-state index in [0.717, 1.165) is 0 Å². The average molecular weight is 202 g/mol. The summed E-state index contributed by atoms with van der Waals surface area (Å²) in [6, 6.07) is 5.90. The standard InChI is InChI=1S/C10H6N2O3/c11-5-1-2-8-3-4-9(7-13)10(6-8)12(14)15/h1-4,6-7H. The zero-order valence-corrected chi connectivity index (χ0v) is 7.58. The van der Waals surface area contributed by atoms with Gasteiger partial charge in [0, 0.05) is 12.1 Å². The molecule has 1 rings (SSSR count). The van der Waals surface area contributed by atoms with Gasteiger partial charge in [-0.15, -0.1) is 0 Å². The molecule has 15 heavy (non-hydrogen) atoms. The maximum atomic E-state index is 10.6. The summed E-state index contributed by atoms with van der Waals surface area (Å²) in [6.07, 6.45) is 3.07. The second-order valence-corrected chi connectivity index (χ2v) is 2.66. The number of hydrogen-bond donors (Lipinski definition) is 0. The lowest BCUT2D eigenvalue weighted by atomic mass is 10.1. The molecule has 0 unspecified atom stereocenters. The van der Waals surface area contributed by atoms with Gasteiger partial charge in [-0.25, -0.2) is 0 Å². The first-order chi connectivity index (χ1) is 7.19. The number of nitro benzene ring substituents is 1. The van der Waals surface area contributed by atoms with E-state index in [4.69, 9.17) is 5.26 Å². The van der Waals surface area contributed by atoms with Crippen LogP contribution >= 0.6 is 0 Å². The maximum absolute atomic E-state index is 10.6. The molecule has 1 aromatic carbocycles. The molecule has 5 heteroatoms. The first kappa shape index (κ1) is 10.6. The zero-order chi connectivity index (χ0) is 11.3. The molecule has 0 heterocycles. The fourth-order valence-corrected chi connectivity index (χ4v) is 1.06. The Labute approximate surface area is 85.4 Å². The van der Waals surface area contributed by atoms with Crippen LogP contribution < -0.4 is 0 Å². The number of nitriles is 1. The Morgan fingerprint density at radius 3 is 2.73 bits per heavy atom. The third-order valence-electron chi connectivity index (χ3n) is 1.73. The molecule has 0 bridgehead atoms. The van der Waals surface area contributed by atoms with Crippen LogP contribution in [0.2, 0.25) is 0 Å². The fourth-order valence-electron chi connectivity index (χ4n) is 1.06. The Hall–Kier alpha value is -2.48.